The molecule has 0 aromatic carbocycles. The fraction of sp³-hybridized carbons (Fsp3) is 0. The fourth-order valence-corrected chi connectivity index (χ4v) is 0. The summed E-state index contributed by atoms with van der Waals surface area (Å²) in [6.07, 6.45) is 0. The molecule has 0 aliphatic heterocycles. The van der Waals surface area contributed by atoms with Crippen LogP contribution in [0.3, 0.4) is 0 Å². The Hall–Kier alpha value is 1.52. The number of hydrogen-bond acceptors (Lipinski definition) is 6. The molecule has 0 N–H and O–H groups in total. The van der Waals surface area contributed by atoms with E-state index < -0.39 is 18.3 Å². The monoisotopic (exact) mass is 281 g/mol. The van der Waals surface area contributed by atoms with Crippen molar-refractivity contribution in [2.75, 3.05) is 0 Å². The molecule has 0 unspecified atom stereocenters. The molecule has 0 rings (SSSR count). The summed E-state index contributed by atoms with van der Waals surface area (Å²) in [6.45, 7) is 0. The van der Waals surface area contributed by atoms with Gasteiger partial charge in [-0.3, -0.25) is 0 Å². The Kier molecular flexibility index (Phi) is 135. The van der Waals surface area contributed by atoms with E-state index in [0.29, 0.717) is 0 Å². The van der Waals surface area contributed by atoms with Gasteiger partial charge in [0, 0.05) is 18.3 Å². The third kappa shape index (κ3) is 781. The van der Waals surface area contributed by atoms with Crippen LogP contribution in [-0.2, 0) is 8.92 Å². The minimum Gasteiger partial charge on any atom is -1.00 e. The predicted octanol–water partition coefficient (Wildman–Crippen LogP) is -15.5. The summed E-state index contributed by atoms with van der Waals surface area (Å²) in [6, 6.07) is 0. The first-order valence-corrected chi connectivity index (χ1v) is 3.67. The summed E-state index contributed by atoms with van der Waals surface area (Å²) in [5.74, 6) is 0. The molecule has 0 atom stereocenters. The van der Waals surface area contributed by atoms with E-state index in [4.69, 9.17) is 28.1 Å². The van der Waals surface area contributed by atoms with Crippen LogP contribution >= 0.6 is 0 Å². The molecule has 0 spiro atoms. The zero-order valence-electron chi connectivity index (χ0n) is 6.49. The second-order valence-electron chi connectivity index (χ2n) is 0.500. The van der Waals surface area contributed by atoms with Gasteiger partial charge in [-0.2, -0.15) is 0 Å². The topological polar surface area (TPSA) is 126 Å². The minimum absolute atomic E-state index is 0. The van der Waals surface area contributed by atoms with Crippen molar-refractivity contribution in [1.82, 2.24) is 0 Å². The van der Waals surface area contributed by atoms with Gasteiger partial charge in [0.25, 0.3) is 0 Å². The van der Waals surface area contributed by atoms with Crippen molar-refractivity contribution in [2.45, 2.75) is 0 Å². The van der Waals surface area contributed by atoms with E-state index in [2.05, 4.69) is 0 Å². The Labute approximate surface area is 127 Å². The van der Waals surface area contributed by atoms with E-state index in [0.717, 1.165) is 0 Å². The first-order chi connectivity index (χ1) is 3.46. The van der Waals surface area contributed by atoms with E-state index in [1.807, 2.05) is 0 Å². The van der Waals surface area contributed by atoms with Crippen LogP contribution in [0.5, 0.6) is 0 Å². The third-order valence-electron chi connectivity index (χ3n) is 0. The van der Waals surface area contributed by atoms with Gasteiger partial charge in [0.05, 0.1) is 0 Å². The van der Waals surface area contributed by atoms with Crippen molar-refractivity contribution in [3.8, 4) is 0 Å². The Balaban J connectivity index is -0.00000000800. The van der Waals surface area contributed by atoms with Gasteiger partial charge in [0.2, 0.25) is 0 Å². The standard InChI is InChI=1S/Al.Be.2ClH.Na.2O3Si/c;;;;;2*1-4(2)3/h;;2*1H;;;/q+3;+2;;;+1;2*-2/p-2. The molecule has 0 aromatic rings. The second kappa shape index (κ2) is 37.5. The number of rotatable bonds is 0. The molecule has 0 amide bonds. The number of halogens is 2. The van der Waals surface area contributed by atoms with Crippen LogP contribution in [0.2, 0.25) is 0 Å². The first kappa shape index (κ1) is 46.9. The van der Waals surface area contributed by atoms with Gasteiger partial charge in [-0.1, -0.05) is 0 Å². The summed E-state index contributed by atoms with van der Waals surface area (Å²) in [7, 11) is -7.26. The second-order valence-corrected chi connectivity index (χ2v) is 1.50. The Morgan fingerprint density at radius 3 is 0.769 bits per heavy atom. The van der Waals surface area contributed by atoms with Gasteiger partial charge in [0.15, 0.2) is 0 Å². The molecule has 64 valence electrons. The van der Waals surface area contributed by atoms with E-state index in [1.165, 1.54) is 0 Å². The summed E-state index contributed by atoms with van der Waals surface area (Å²) in [4.78, 5) is 34.1. The van der Waals surface area contributed by atoms with Crippen LogP contribution < -0.4 is 73.6 Å². The van der Waals surface area contributed by atoms with Crippen molar-refractivity contribution in [2.24, 2.45) is 0 Å². The Morgan fingerprint density at radius 2 is 0.769 bits per heavy atom. The van der Waals surface area contributed by atoms with E-state index in [-0.39, 0.29) is 81.9 Å². The quantitative estimate of drug-likeness (QED) is 0.406. The average Bonchev–Trinajstić information content (AvgIpc) is 1.25. The molecule has 0 bridgehead atoms. The minimum atomic E-state index is -3.63. The third-order valence-corrected chi connectivity index (χ3v) is 0. The zero-order chi connectivity index (χ0) is 7.15. The summed E-state index contributed by atoms with van der Waals surface area (Å²) in [5, 5.41) is 0. The molecule has 13 heteroatoms. The van der Waals surface area contributed by atoms with Gasteiger partial charge >= 0.3 is 57.0 Å². The summed E-state index contributed by atoms with van der Waals surface area (Å²) >= 11 is 0. The normalized spacial score (nSPS) is 3.69. The van der Waals surface area contributed by atoms with E-state index in [9.17, 15) is 0 Å². The van der Waals surface area contributed by atoms with Gasteiger partial charge < -0.3 is 52.9 Å². The first-order valence-electron chi connectivity index (χ1n) is 1.22. The van der Waals surface area contributed by atoms with Crippen molar-refractivity contribution in [3.05, 3.63) is 0 Å². The maximum atomic E-state index is 8.52. The molecule has 0 heterocycles. The van der Waals surface area contributed by atoms with Crippen LogP contribution in [0.1, 0.15) is 0 Å². The molecular weight excluding hydrogens is 282 g/mol. The molecule has 6 nitrogen and oxygen atoms in total. The van der Waals surface area contributed by atoms with Crippen molar-refractivity contribution >= 4 is 45.8 Å². The maximum Gasteiger partial charge on any atom is 3.00 e. The molecule has 0 saturated heterocycles. The Bertz CT molecular complexity index is 86.6. The van der Waals surface area contributed by atoms with E-state index in [1.54, 1.807) is 0 Å². The van der Waals surface area contributed by atoms with Crippen molar-refractivity contribution in [3.63, 3.8) is 0 Å². The maximum absolute atomic E-state index is 8.52. The predicted molar refractivity (Wildman–Crippen MR) is 24.4 cm³/mol. The summed E-state index contributed by atoms with van der Waals surface area (Å²) < 4.78 is 17.0. The van der Waals surface area contributed by atoms with Gasteiger partial charge in [-0.25, -0.2) is 0 Å². The molecule has 0 radical (unpaired) electrons. The SMILES string of the molecule is O=[Si]([O-])[O-].O=[Si]([O-])[O-].[Al+3].[Be+2].[Cl-].[Cl-].[Na+]. The smallest absolute Gasteiger partial charge is 1.00 e. The molecule has 0 fully saturated rings. The summed E-state index contributed by atoms with van der Waals surface area (Å²) in [5.41, 5.74) is 0. The molecule has 13 heavy (non-hydrogen) atoms. The van der Waals surface area contributed by atoms with Gasteiger partial charge in [-0.15, -0.1) is 0 Å². The fourth-order valence-electron chi connectivity index (χ4n) is 0. The molecule has 0 aliphatic carbocycles. The molecule has 0 aromatic heterocycles. The van der Waals surface area contributed by atoms with Crippen LogP contribution in [0.25, 0.3) is 0 Å². The Morgan fingerprint density at radius 1 is 0.769 bits per heavy atom. The van der Waals surface area contributed by atoms with Crippen LogP contribution in [0.15, 0.2) is 0 Å². The van der Waals surface area contributed by atoms with Crippen LogP contribution in [-0.4, -0.2) is 45.8 Å². The largest absolute Gasteiger partial charge is 3.00 e. The average molecular weight is 282 g/mol. The molecular formula is AlBeCl2NaO6Si2. The van der Waals surface area contributed by atoms with Gasteiger partial charge in [-0.05, 0) is 0 Å². The van der Waals surface area contributed by atoms with Crippen molar-refractivity contribution in [1.29, 1.82) is 0 Å². The molecule has 0 aliphatic rings. The number of hydrogen-bond donors (Lipinski definition) is 0. The van der Waals surface area contributed by atoms with Crippen LogP contribution in [0.4, 0.5) is 0 Å². The molecule has 0 saturated carbocycles. The zero-order valence-corrected chi connectivity index (χ0v) is 13.2. The van der Waals surface area contributed by atoms with Crippen molar-refractivity contribution < 1.29 is 82.5 Å². The van der Waals surface area contributed by atoms with E-state index >= 15 is 0 Å². The van der Waals surface area contributed by atoms with Gasteiger partial charge in [0.1, 0.15) is 0 Å². The van der Waals surface area contributed by atoms with Crippen LogP contribution in [0, 0.1) is 0 Å².